The number of hydrogen-bond donors (Lipinski definition) is 1. The molecule has 0 saturated carbocycles. The van der Waals surface area contributed by atoms with E-state index in [0.29, 0.717) is 11.1 Å². The highest BCUT2D eigenvalue weighted by atomic mass is 32.2. The summed E-state index contributed by atoms with van der Waals surface area (Å²) in [7, 11) is -4.32. The van der Waals surface area contributed by atoms with Crippen molar-refractivity contribution in [2.24, 2.45) is 0 Å². The summed E-state index contributed by atoms with van der Waals surface area (Å²) in [6.07, 6.45) is -13.4. The summed E-state index contributed by atoms with van der Waals surface area (Å²) < 4.78 is 180. The number of carbonyl (C=O) groups is 4. The second kappa shape index (κ2) is 44.4. The van der Waals surface area contributed by atoms with Crippen LogP contribution in [0.25, 0.3) is 0 Å². The first kappa shape index (κ1) is 86.4. The van der Waals surface area contributed by atoms with Crippen molar-refractivity contribution in [3.63, 3.8) is 0 Å². The summed E-state index contributed by atoms with van der Waals surface area (Å²) in [5.74, 6) is -6.97. The molecule has 0 unspecified atom stereocenters. The van der Waals surface area contributed by atoms with Crippen LogP contribution in [0.5, 0.6) is 0 Å². The van der Waals surface area contributed by atoms with Crippen LogP contribution in [0.2, 0.25) is 0 Å². The lowest BCUT2D eigenvalue weighted by Gasteiger charge is -2.20. The van der Waals surface area contributed by atoms with Gasteiger partial charge in [-0.05, 0) is 66.1 Å². The minimum absolute atomic E-state index is 0.188. The molecule has 1 N–H and O–H groups in total. The minimum Gasteiger partial charge on any atom is -0.465 e. The first-order chi connectivity index (χ1) is 40.8. The van der Waals surface area contributed by atoms with Crippen LogP contribution in [-0.2, 0) is 68.5 Å². The second-order valence-electron chi connectivity index (χ2n) is 14.6. The van der Waals surface area contributed by atoms with E-state index in [0.717, 1.165) is 27.5 Å². The Morgan fingerprint density at radius 3 is 1.05 bits per heavy atom. The lowest BCUT2D eigenvalue weighted by Crippen LogP contribution is -2.34. The lowest BCUT2D eigenvalue weighted by atomic mass is 10.0. The van der Waals surface area contributed by atoms with Crippen molar-refractivity contribution < 1.29 is 103 Å². The maximum Gasteiger partial charge on any atom is 0.522 e. The van der Waals surface area contributed by atoms with Crippen LogP contribution in [0.1, 0.15) is 133 Å². The van der Waals surface area contributed by atoms with E-state index in [1.807, 2.05) is 150 Å². The van der Waals surface area contributed by atoms with Gasteiger partial charge in [0, 0.05) is 34.3 Å². The summed E-state index contributed by atoms with van der Waals surface area (Å²) in [4.78, 5) is 47.9. The van der Waals surface area contributed by atoms with Crippen molar-refractivity contribution in [1.29, 1.82) is 0 Å². The van der Waals surface area contributed by atoms with Crippen LogP contribution in [0.3, 0.4) is 0 Å². The normalized spacial score (nSPS) is 11.4. The molecule has 8 rings (SSSR count). The predicted octanol–water partition coefficient (Wildman–Crippen LogP) is 18.0. The lowest BCUT2D eigenvalue weighted by molar-refractivity contribution is -0.221. The summed E-state index contributed by atoms with van der Waals surface area (Å²) in [5, 5.41) is 0. The SMILES string of the molecule is CC.CC.CC.CC.CC.CC.CC(F)(F)F.COC(=O)c1ccccc1.COC(=O)c1ccccc1[S+]1c2ccccc2Cc2ccccc21.O=C(OC(=O)C(F)(F)F)C(F)(F)F.O=S(=O)(O)C(F)(F)F.O=S1c2ccccc2Cc2ccccc21. The molecule has 0 amide bonds. The Balaban J connectivity index is -0.000000483. The molecule has 0 saturated heterocycles. The largest absolute Gasteiger partial charge is 0.522 e. The van der Waals surface area contributed by atoms with Crippen LogP contribution in [0.15, 0.2) is 176 Å². The Hall–Kier alpha value is -7.03. The molecule has 11 nitrogen and oxygen atoms in total. The highest BCUT2D eigenvalue weighted by Crippen LogP contribution is 2.41. The highest BCUT2D eigenvalue weighted by Gasteiger charge is 2.49. The highest BCUT2D eigenvalue weighted by molar-refractivity contribution is 7.97. The monoisotopic (exact) mass is 1310 g/mol. The standard InChI is InChI=1S/C21H17O2S.C13H10OS.C8H8O2.C4F6O3.C2H3F3.6C2H6.CHF3O3S/c1-23-21(22)17-10-4-7-13-20(17)24-18-11-5-2-8-15(18)14-16-9-3-6-12-19(16)24;14-15-12-7-3-1-5-10(12)9-11-6-2-4-8-13(11)15;1-10-8(9)7-5-3-2-4-6-7;5-3(6,7)1(11)13-2(12)4(8,9)10;1-2(3,4)5;6*1-2;2-1(3,4)8(5,6)7/h2-13H,14H2,1H3;1-8H,9H2;2-6H,1H3;;1H3;6*1-2H3;(H,5,6,7)/q+1;;;;;;;;;;;. The van der Waals surface area contributed by atoms with Gasteiger partial charge in [0.05, 0.1) is 30.6 Å². The summed E-state index contributed by atoms with van der Waals surface area (Å²) in [6, 6.07) is 49.7. The quantitative estimate of drug-likeness (QED) is 0.0340. The van der Waals surface area contributed by atoms with E-state index >= 15 is 0 Å². The van der Waals surface area contributed by atoms with E-state index in [2.05, 4.69) is 70.1 Å². The van der Waals surface area contributed by atoms with Crippen LogP contribution < -0.4 is 0 Å². The van der Waals surface area contributed by atoms with Crippen LogP contribution in [-0.4, -0.2) is 79.3 Å². The Morgan fingerprint density at radius 1 is 0.448 bits per heavy atom. The molecule has 0 radical (unpaired) electrons. The van der Waals surface area contributed by atoms with Gasteiger partial charge in [-0.2, -0.15) is 61.1 Å². The fourth-order valence-electron chi connectivity index (χ4n) is 6.06. The Bertz CT molecular complexity index is 2940. The van der Waals surface area contributed by atoms with E-state index in [1.54, 1.807) is 24.3 Å². The van der Waals surface area contributed by atoms with Crippen LogP contribution >= 0.6 is 0 Å². The molecular formula is C61H75F12O11S3+. The number of benzene rings is 6. The maximum absolute atomic E-state index is 12.3. The number of ether oxygens (including phenoxy) is 3. The Morgan fingerprint density at radius 2 is 0.724 bits per heavy atom. The van der Waals surface area contributed by atoms with Crippen molar-refractivity contribution in [3.8, 4) is 0 Å². The molecule has 486 valence electrons. The number of hydrogen-bond acceptors (Lipinski definition) is 10. The number of rotatable bonds is 3. The number of alkyl halides is 12. The minimum atomic E-state index is -5.84. The third kappa shape index (κ3) is 32.0. The van der Waals surface area contributed by atoms with Gasteiger partial charge in [0.25, 0.3) is 0 Å². The number of carbonyl (C=O) groups excluding carboxylic acids is 4. The van der Waals surface area contributed by atoms with E-state index in [9.17, 15) is 76.1 Å². The van der Waals surface area contributed by atoms with Gasteiger partial charge < -0.3 is 14.2 Å². The van der Waals surface area contributed by atoms with E-state index < -0.39 is 56.9 Å². The fraction of sp³-hybridized carbons (Fsp3) is 0.344. The topological polar surface area (TPSA) is 167 Å². The molecule has 6 aromatic carbocycles. The van der Waals surface area contributed by atoms with Crippen molar-refractivity contribution in [2.75, 3.05) is 14.2 Å². The zero-order valence-electron chi connectivity index (χ0n) is 50.6. The molecular weight excluding hydrogens is 1230 g/mol. The second-order valence-corrected chi connectivity index (χ2v) is 19.3. The zero-order chi connectivity index (χ0) is 68.5. The van der Waals surface area contributed by atoms with Crippen LogP contribution in [0.4, 0.5) is 52.7 Å². The van der Waals surface area contributed by atoms with Gasteiger partial charge in [-0.25, -0.2) is 23.4 Å². The van der Waals surface area contributed by atoms with Gasteiger partial charge in [-0.15, -0.1) is 0 Å². The molecule has 2 heterocycles. The molecule has 2 aliphatic heterocycles. The number of esters is 4. The smallest absolute Gasteiger partial charge is 0.465 e. The molecule has 0 aromatic heterocycles. The van der Waals surface area contributed by atoms with Gasteiger partial charge in [0.15, 0.2) is 14.7 Å². The third-order valence-corrected chi connectivity index (χ3v) is 13.8. The first-order valence-corrected chi connectivity index (χ1v) is 30.4. The molecule has 2 aliphatic rings. The molecule has 0 bridgehead atoms. The number of methoxy groups -OCH3 is 2. The van der Waals surface area contributed by atoms with Gasteiger partial charge >= 0.3 is 58.0 Å². The molecule has 87 heavy (non-hydrogen) atoms. The van der Waals surface area contributed by atoms with Crippen molar-refractivity contribution >= 4 is 55.7 Å². The molecule has 26 heteroatoms. The van der Waals surface area contributed by atoms with Gasteiger partial charge in [0.2, 0.25) is 0 Å². The van der Waals surface area contributed by atoms with Crippen molar-refractivity contribution in [3.05, 3.63) is 185 Å². The Labute approximate surface area is 507 Å². The number of halogens is 12. The third-order valence-electron chi connectivity index (χ3n) is 9.14. The van der Waals surface area contributed by atoms with Crippen molar-refractivity contribution in [1.82, 2.24) is 0 Å². The molecule has 0 aliphatic carbocycles. The first-order valence-electron chi connectivity index (χ1n) is 26.6. The zero-order valence-corrected chi connectivity index (χ0v) is 53.1. The van der Waals surface area contributed by atoms with Gasteiger partial charge in [-0.3, -0.25) is 4.55 Å². The van der Waals surface area contributed by atoms with E-state index in [-0.39, 0.29) is 29.8 Å². The number of fused-ring (bicyclic) bond motifs is 4. The predicted molar refractivity (Wildman–Crippen MR) is 314 cm³/mol. The molecule has 0 fully saturated rings. The van der Waals surface area contributed by atoms with Gasteiger partial charge in [-0.1, -0.05) is 186 Å². The average molecular weight is 1310 g/mol. The van der Waals surface area contributed by atoms with E-state index in [4.69, 9.17) is 17.7 Å². The van der Waals surface area contributed by atoms with Crippen LogP contribution in [0, 0.1) is 0 Å². The van der Waals surface area contributed by atoms with Crippen molar-refractivity contribution in [2.45, 2.75) is 151 Å². The molecule has 0 spiro atoms. The maximum atomic E-state index is 12.3. The van der Waals surface area contributed by atoms with E-state index in [1.165, 1.54) is 46.3 Å². The fourth-order valence-corrected chi connectivity index (χ4v) is 9.99. The Kier molecular flexibility index (Phi) is 44.1. The summed E-state index contributed by atoms with van der Waals surface area (Å²) >= 11 is 0. The summed E-state index contributed by atoms with van der Waals surface area (Å²) in [6.45, 7) is 24.2. The van der Waals surface area contributed by atoms with Gasteiger partial charge in [0.1, 0.15) is 16.5 Å². The average Bonchev–Trinajstić information content (AvgIpc) is 1.04. The summed E-state index contributed by atoms with van der Waals surface area (Å²) in [5.41, 5.74) is 0.745. The molecule has 0 atom stereocenters. The molecule has 6 aromatic rings.